The fourth-order valence-corrected chi connectivity index (χ4v) is 4.13. The first-order chi connectivity index (χ1) is 17.0. The number of carbonyl (C=O) groups excluding carboxylic acids is 1. The van der Waals surface area contributed by atoms with Gasteiger partial charge in [-0.1, -0.05) is 47.1 Å². The number of halogens is 2. The molecule has 1 amide bonds. The van der Waals surface area contributed by atoms with Gasteiger partial charge in [0.05, 0.1) is 18.6 Å². The number of amides is 1. The van der Waals surface area contributed by atoms with Crippen LogP contribution in [0.5, 0.6) is 5.75 Å². The van der Waals surface area contributed by atoms with E-state index in [9.17, 15) is 4.79 Å². The van der Waals surface area contributed by atoms with Crippen LogP contribution in [0.15, 0.2) is 83.1 Å². The van der Waals surface area contributed by atoms with E-state index in [1.807, 2.05) is 60.0 Å². The maximum atomic E-state index is 12.4. The van der Waals surface area contributed by atoms with Gasteiger partial charge in [0.1, 0.15) is 5.75 Å². The Morgan fingerprint density at radius 3 is 2.31 bits per heavy atom. The quantitative estimate of drug-likeness (QED) is 0.167. The summed E-state index contributed by atoms with van der Waals surface area (Å²) in [6, 6.07) is 22.1. The fourth-order valence-electron chi connectivity index (χ4n) is 3.13. The lowest BCUT2D eigenvalue weighted by atomic mass is 10.2. The van der Waals surface area contributed by atoms with Crippen LogP contribution in [0.3, 0.4) is 0 Å². The lowest BCUT2D eigenvalue weighted by Gasteiger charge is -2.11. The maximum absolute atomic E-state index is 12.4. The Morgan fingerprint density at radius 2 is 1.66 bits per heavy atom. The van der Waals surface area contributed by atoms with E-state index >= 15 is 0 Å². The number of nitrogens with one attached hydrogen (secondary N) is 1. The Bertz CT molecular complexity index is 1310. The molecule has 1 N–H and O–H groups in total. The Morgan fingerprint density at radius 1 is 1.00 bits per heavy atom. The topological polar surface area (TPSA) is 81.4 Å². The van der Waals surface area contributed by atoms with Crippen LogP contribution in [0.2, 0.25) is 10.0 Å². The third-order valence-electron chi connectivity index (χ3n) is 4.75. The summed E-state index contributed by atoms with van der Waals surface area (Å²) in [5.41, 5.74) is 5.04. The number of ether oxygens (including phenoxy) is 1. The fraction of sp³-hybridized carbons (Fsp3) is 0.120. The summed E-state index contributed by atoms with van der Waals surface area (Å²) in [4.78, 5) is 12.4. The minimum absolute atomic E-state index is 0.105. The third kappa shape index (κ3) is 6.63. The minimum atomic E-state index is -0.269. The summed E-state index contributed by atoms with van der Waals surface area (Å²) in [5, 5.41) is 14.6. The molecule has 0 aliphatic carbocycles. The number of hydrogen-bond acceptors (Lipinski definition) is 6. The molecular formula is C25H21Cl2N5O2S. The average molecular weight is 526 g/mol. The van der Waals surface area contributed by atoms with Gasteiger partial charge >= 0.3 is 0 Å². The van der Waals surface area contributed by atoms with Crippen LogP contribution in [0, 0.1) is 0 Å². The molecule has 0 unspecified atom stereocenters. The Balaban J connectivity index is 1.52. The summed E-state index contributed by atoms with van der Waals surface area (Å²) >= 11 is 13.2. The molecule has 0 atom stereocenters. The lowest BCUT2D eigenvalue weighted by molar-refractivity contribution is -0.118. The van der Waals surface area contributed by atoms with Crippen LogP contribution < -0.4 is 10.2 Å². The summed E-state index contributed by atoms with van der Waals surface area (Å²) in [6.45, 7) is 2.52. The van der Waals surface area contributed by atoms with E-state index in [2.05, 4.69) is 20.7 Å². The number of thioether (sulfide) groups is 1. The lowest BCUT2D eigenvalue weighted by Crippen LogP contribution is -2.20. The Kier molecular flexibility index (Phi) is 8.41. The number of hydrazone groups is 1. The van der Waals surface area contributed by atoms with Gasteiger partial charge in [0.25, 0.3) is 5.91 Å². The molecule has 0 radical (unpaired) electrons. The predicted octanol–water partition coefficient (Wildman–Crippen LogP) is 5.88. The standard InChI is InChI=1S/C25H21Cl2N5O2S/c1-2-34-22-13-11-21(12-14-22)32-24(18-5-9-20(27)10-6-18)30-31-25(32)35-16-23(33)29-28-15-17-3-7-19(26)8-4-17/h3-15H,2,16H2,1H3,(H,29,33)/b28-15+. The van der Waals surface area contributed by atoms with Gasteiger partial charge in [0, 0.05) is 21.3 Å². The first-order valence-corrected chi connectivity index (χ1v) is 12.4. The van der Waals surface area contributed by atoms with Gasteiger partial charge in [-0.15, -0.1) is 10.2 Å². The van der Waals surface area contributed by atoms with Crippen LogP contribution in [0.1, 0.15) is 12.5 Å². The summed E-state index contributed by atoms with van der Waals surface area (Å²) in [7, 11) is 0. The summed E-state index contributed by atoms with van der Waals surface area (Å²) in [6.07, 6.45) is 1.56. The molecule has 178 valence electrons. The first-order valence-electron chi connectivity index (χ1n) is 10.7. The van der Waals surface area contributed by atoms with E-state index < -0.39 is 0 Å². The smallest absolute Gasteiger partial charge is 0.250 e. The zero-order valence-electron chi connectivity index (χ0n) is 18.7. The normalized spacial score (nSPS) is 11.1. The molecule has 0 aliphatic rings. The van der Waals surface area contributed by atoms with Crippen LogP contribution in [-0.2, 0) is 4.79 Å². The van der Waals surface area contributed by atoms with E-state index in [4.69, 9.17) is 27.9 Å². The third-order valence-corrected chi connectivity index (χ3v) is 6.18. The second kappa shape index (κ2) is 11.9. The van der Waals surface area contributed by atoms with Crippen molar-refractivity contribution in [1.29, 1.82) is 0 Å². The van der Waals surface area contributed by atoms with E-state index in [0.29, 0.717) is 27.6 Å². The van der Waals surface area contributed by atoms with Crippen molar-refractivity contribution >= 4 is 47.1 Å². The molecule has 0 saturated carbocycles. The van der Waals surface area contributed by atoms with Crippen molar-refractivity contribution in [1.82, 2.24) is 20.2 Å². The van der Waals surface area contributed by atoms with Gasteiger partial charge in [0.2, 0.25) is 0 Å². The largest absolute Gasteiger partial charge is 0.494 e. The molecule has 35 heavy (non-hydrogen) atoms. The highest BCUT2D eigenvalue weighted by molar-refractivity contribution is 7.99. The second-order valence-electron chi connectivity index (χ2n) is 7.21. The number of hydrogen-bond donors (Lipinski definition) is 1. The first kappa shape index (κ1) is 24.8. The van der Waals surface area contributed by atoms with Crippen LogP contribution >= 0.6 is 35.0 Å². The maximum Gasteiger partial charge on any atom is 0.250 e. The van der Waals surface area contributed by atoms with Gasteiger partial charge in [-0.2, -0.15) is 5.10 Å². The van der Waals surface area contributed by atoms with Gasteiger partial charge in [-0.3, -0.25) is 9.36 Å². The molecule has 7 nitrogen and oxygen atoms in total. The average Bonchev–Trinajstić information content (AvgIpc) is 3.29. The minimum Gasteiger partial charge on any atom is -0.494 e. The molecule has 0 saturated heterocycles. The highest BCUT2D eigenvalue weighted by Crippen LogP contribution is 2.29. The molecule has 1 aromatic heterocycles. The highest BCUT2D eigenvalue weighted by atomic mass is 35.5. The zero-order valence-corrected chi connectivity index (χ0v) is 21.0. The summed E-state index contributed by atoms with van der Waals surface area (Å²) < 4.78 is 7.45. The van der Waals surface area contributed by atoms with Gasteiger partial charge in [0.15, 0.2) is 11.0 Å². The van der Waals surface area contributed by atoms with Crippen LogP contribution in [0.25, 0.3) is 17.1 Å². The second-order valence-corrected chi connectivity index (χ2v) is 9.02. The molecule has 10 heteroatoms. The number of nitrogens with zero attached hydrogens (tertiary/aromatic N) is 4. The highest BCUT2D eigenvalue weighted by Gasteiger charge is 2.17. The van der Waals surface area contributed by atoms with E-state index in [-0.39, 0.29) is 11.7 Å². The van der Waals surface area contributed by atoms with E-state index in [1.165, 1.54) is 11.8 Å². The van der Waals surface area contributed by atoms with Gasteiger partial charge < -0.3 is 4.74 Å². The molecule has 0 bridgehead atoms. The molecule has 0 aliphatic heterocycles. The molecule has 1 heterocycles. The molecule has 3 aromatic carbocycles. The Hall–Kier alpha value is -3.33. The monoisotopic (exact) mass is 525 g/mol. The summed E-state index contributed by atoms with van der Waals surface area (Å²) in [5.74, 6) is 1.24. The van der Waals surface area contributed by atoms with Crippen molar-refractivity contribution in [2.45, 2.75) is 12.1 Å². The number of benzene rings is 3. The van der Waals surface area contributed by atoms with Gasteiger partial charge in [-0.25, -0.2) is 5.43 Å². The van der Waals surface area contributed by atoms with E-state index in [1.54, 1.807) is 30.5 Å². The van der Waals surface area contributed by atoms with Crippen molar-refractivity contribution in [2.75, 3.05) is 12.4 Å². The predicted molar refractivity (Wildman–Crippen MR) is 141 cm³/mol. The molecular weight excluding hydrogens is 505 g/mol. The van der Waals surface area contributed by atoms with Crippen molar-refractivity contribution in [3.05, 3.63) is 88.4 Å². The molecule has 4 rings (SSSR count). The Labute approximate surface area is 217 Å². The van der Waals surface area contributed by atoms with E-state index in [0.717, 1.165) is 22.6 Å². The number of rotatable bonds is 9. The molecule has 0 spiro atoms. The van der Waals surface area contributed by atoms with Crippen LogP contribution in [0.4, 0.5) is 0 Å². The van der Waals surface area contributed by atoms with Crippen molar-refractivity contribution < 1.29 is 9.53 Å². The van der Waals surface area contributed by atoms with Gasteiger partial charge in [-0.05, 0) is 73.2 Å². The van der Waals surface area contributed by atoms with Crippen LogP contribution in [-0.4, -0.2) is 39.2 Å². The number of carbonyl (C=O) groups is 1. The molecule has 0 fully saturated rings. The van der Waals surface area contributed by atoms with Crippen molar-refractivity contribution in [2.24, 2.45) is 5.10 Å². The number of aromatic nitrogens is 3. The van der Waals surface area contributed by atoms with Crippen molar-refractivity contribution in [3.8, 4) is 22.8 Å². The van der Waals surface area contributed by atoms with Crippen molar-refractivity contribution in [3.63, 3.8) is 0 Å². The SMILES string of the molecule is CCOc1ccc(-n2c(SCC(=O)N/N=C/c3ccc(Cl)cc3)nnc2-c2ccc(Cl)cc2)cc1. The molecule has 4 aromatic rings. The zero-order chi connectivity index (χ0) is 24.6.